The number of hydrogen-bond donors (Lipinski definition) is 1. The summed E-state index contributed by atoms with van der Waals surface area (Å²) in [5.41, 5.74) is 0.874. The Bertz CT molecular complexity index is 599. The zero-order chi connectivity index (χ0) is 14.7. The summed E-state index contributed by atoms with van der Waals surface area (Å²) in [5, 5.41) is 13.2. The van der Waals surface area contributed by atoms with Crippen LogP contribution in [-0.4, -0.2) is 47.0 Å². The number of nitrogens with zero attached hydrogens (tertiary/aromatic N) is 3. The molecule has 6 nitrogen and oxygen atoms in total. The highest BCUT2D eigenvalue weighted by Gasteiger charge is 2.23. The summed E-state index contributed by atoms with van der Waals surface area (Å²) in [6, 6.07) is 7.58. The van der Waals surface area contributed by atoms with Crippen molar-refractivity contribution in [2.24, 2.45) is 5.92 Å². The number of ether oxygens (including phenoxy) is 1. The van der Waals surface area contributed by atoms with Crippen molar-refractivity contribution in [1.82, 2.24) is 15.0 Å². The summed E-state index contributed by atoms with van der Waals surface area (Å²) >= 11 is 0. The Hall–Kier alpha value is -1.92. The largest absolute Gasteiger partial charge is 0.497 e. The van der Waals surface area contributed by atoms with Crippen molar-refractivity contribution in [2.45, 2.75) is 13.0 Å². The Labute approximate surface area is 123 Å². The van der Waals surface area contributed by atoms with Gasteiger partial charge >= 0.3 is 0 Å². The van der Waals surface area contributed by atoms with Crippen molar-refractivity contribution in [1.29, 1.82) is 0 Å². The van der Waals surface area contributed by atoms with Gasteiger partial charge in [0.15, 0.2) is 0 Å². The maximum atomic E-state index is 9.16. The SMILES string of the molecule is COc1cccc(-c2noc(CN3CCC(CO)C3)n2)c1. The molecule has 6 heteroatoms. The van der Waals surface area contributed by atoms with E-state index in [0.29, 0.717) is 24.2 Å². The standard InChI is InChI=1S/C15H19N3O3/c1-20-13-4-2-3-12(7-13)15-16-14(21-17-15)9-18-6-5-11(8-18)10-19/h2-4,7,11,19H,5-6,8-10H2,1H3. The van der Waals surface area contributed by atoms with E-state index in [9.17, 15) is 0 Å². The summed E-state index contributed by atoms with van der Waals surface area (Å²) in [4.78, 5) is 6.66. The highest BCUT2D eigenvalue weighted by Crippen LogP contribution is 2.22. The Morgan fingerprint density at radius 3 is 3.14 bits per heavy atom. The number of benzene rings is 1. The summed E-state index contributed by atoms with van der Waals surface area (Å²) in [7, 11) is 1.63. The maximum Gasteiger partial charge on any atom is 0.241 e. The number of hydrogen-bond acceptors (Lipinski definition) is 6. The van der Waals surface area contributed by atoms with Gasteiger partial charge < -0.3 is 14.4 Å². The van der Waals surface area contributed by atoms with Gasteiger partial charge in [0.2, 0.25) is 11.7 Å². The lowest BCUT2D eigenvalue weighted by Crippen LogP contribution is -2.21. The first kappa shape index (κ1) is 14.0. The Morgan fingerprint density at radius 2 is 2.38 bits per heavy atom. The molecule has 1 saturated heterocycles. The zero-order valence-corrected chi connectivity index (χ0v) is 12.0. The Morgan fingerprint density at radius 1 is 1.48 bits per heavy atom. The first-order valence-corrected chi connectivity index (χ1v) is 7.08. The maximum absolute atomic E-state index is 9.16. The average Bonchev–Trinajstić information content (AvgIpc) is 3.17. The van der Waals surface area contributed by atoms with Crippen LogP contribution < -0.4 is 4.74 Å². The molecule has 0 spiro atoms. The van der Waals surface area contributed by atoms with E-state index < -0.39 is 0 Å². The fourth-order valence-corrected chi connectivity index (χ4v) is 2.60. The molecule has 0 saturated carbocycles. The second kappa shape index (κ2) is 6.24. The first-order valence-electron chi connectivity index (χ1n) is 7.08. The van der Waals surface area contributed by atoms with E-state index in [0.717, 1.165) is 30.8 Å². The normalized spacial score (nSPS) is 19.0. The van der Waals surface area contributed by atoms with Gasteiger partial charge in [-0.1, -0.05) is 17.3 Å². The number of methoxy groups -OCH3 is 1. The molecule has 0 bridgehead atoms. The van der Waals surface area contributed by atoms with Gasteiger partial charge in [0.05, 0.1) is 13.7 Å². The molecule has 1 unspecified atom stereocenters. The van der Waals surface area contributed by atoms with Crippen molar-refractivity contribution in [3.8, 4) is 17.1 Å². The fraction of sp³-hybridized carbons (Fsp3) is 0.467. The van der Waals surface area contributed by atoms with Gasteiger partial charge in [0, 0.05) is 18.7 Å². The van der Waals surface area contributed by atoms with Crippen LogP contribution in [0.5, 0.6) is 5.75 Å². The van der Waals surface area contributed by atoms with E-state index >= 15 is 0 Å². The van der Waals surface area contributed by atoms with Crippen molar-refractivity contribution < 1.29 is 14.4 Å². The quantitative estimate of drug-likeness (QED) is 0.900. The molecular formula is C15H19N3O3. The van der Waals surface area contributed by atoms with Crippen LogP contribution >= 0.6 is 0 Å². The molecule has 1 N–H and O–H groups in total. The third-order valence-electron chi connectivity index (χ3n) is 3.78. The van der Waals surface area contributed by atoms with Gasteiger partial charge in [-0.25, -0.2) is 0 Å². The minimum Gasteiger partial charge on any atom is -0.497 e. The minimum absolute atomic E-state index is 0.245. The summed E-state index contributed by atoms with van der Waals surface area (Å²) in [5.74, 6) is 2.31. The third kappa shape index (κ3) is 3.22. The highest BCUT2D eigenvalue weighted by atomic mass is 16.5. The molecule has 1 aromatic carbocycles. The Kier molecular flexibility index (Phi) is 4.17. The van der Waals surface area contributed by atoms with Crippen LogP contribution in [0.4, 0.5) is 0 Å². The van der Waals surface area contributed by atoms with Gasteiger partial charge in [0.25, 0.3) is 0 Å². The molecule has 21 heavy (non-hydrogen) atoms. The second-order valence-electron chi connectivity index (χ2n) is 5.32. The van der Waals surface area contributed by atoms with Crippen LogP contribution in [0, 0.1) is 5.92 Å². The van der Waals surface area contributed by atoms with Crippen molar-refractivity contribution >= 4 is 0 Å². The van der Waals surface area contributed by atoms with Gasteiger partial charge in [-0.3, -0.25) is 4.90 Å². The average molecular weight is 289 g/mol. The lowest BCUT2D eigenvalue weighted by molar-refractivity contribution is 0.211. The molecular weight excluding hydrogens is 270 g/mol. The van der Waals surface area contributed by atoms with E-state index in [1.165, 1.54) is 0 Å². The molecule has 0 radical (unpaired) electrons. The molecule has 0 aliphatic carbocycles. The summed E-state index contributed by atoms with van der Waals surface area (Å²) < 4.78 is 10.5. The monoisotopic (exact) mass is 289 g/mol. The van der Waals surface area contributed by atoms with Gasteiger partial charge in [0.1, 0.15) is 5.75 Å². The molecule has 1 aliphatic heterocycles. The molecule has 0 amide bonds. The number of rotatable bonds is 5. The van der Waals surface area contributed by atoms with Crippen LogP contribution in [0.25, 0.3) is 11.4 Å². The van der Waals surface area contributed by atoms with E-state index in [1.54, 1.807) is 7.11 Å². The molecule has 112 valence electrons. The Balaban J connectivity index is 1.68. The van der Waals surface area contributed by atoms with Crippen LogP contribution in [0.15, 0.2) is 28.8 Å². The van der Waals surface area contributed by atoms with Crippen LogP contribution in [0.1, 0.15) is 12.3 Å². The smallest absolute Gasteiger partial charge is 0.241 e. The van der Waals surface area contributed by atoms with Gasteiger partial charge in [-0.2, -0.15) is 4.98 Å². The predicted molar refractivity (Wildman–Crippen MR) is 76.8 cm³/mol. The molecule has 3 rings (SSSR count). The summed E-state index contributed by atoms with van der Waals surface area (Å²) in [6.07, 6.45) is 1.02. The molecule has 1 aliphatic rings. The predicted octanol–water partition coefficient (Wildman–Crippen LogP) is 1.56. The van der Waals surface area contributed by atoms with Crippen molar-refractivity contribution in [3.63, 3.8) is 0 Å². The van der Waals surface area contributed by atoms with E-state index in [1.807, 2.05) is 24.3 Å². The third-order valence-corrected chi connectivity index (χ3v) is 3.78. The van der Waals surface area contributed by atoms with Crippen LogP contribution in [0.3, 0.4) is 0 Å². The molecule has 2 aromatic rings. The van der Waals surface area contributed by atoms with E-state index in [-0.39, 0.29) is 6.61 Å². The second-order valence-corrected chi connectivity index (χ2v) is 5.32. The molecule has 2 heterocycles. The first-order chi connectivity index (χ1) is 10.3. The van der Waals surface area contributed by atoms with E-state index in [2.05, 4.69) is 15.0 Å². The van der Waals surface area contributed by atoms with E-state index in [4.69, 9.17) is 14.4 Å². The fourth-order valence-electron chi connectivity index (χ4n) is 2.60. The van der Waals surface area contributed by atoms with Crippen LogP contribution in [-0.2, 0) is 6.54 Å². The lowest BCUT2D eigenvalue weighted by Gasteiger charge is -2.11. The molecule has 1 aromatic heterocycles. The van der Waals surface area contributed by atoms with Gasteiger partial charge in [-0.05, 0) is 31.0 Å². The molecule has 1 atom stereocenters. The van der Waals surface area contributed by atoms with Crippen molar-refractivity contribution in [3.05, 3.63) is 30.2 Å². The number of aromatic nitrogens is 2. The summed E-state index contributed by atoms with van der Waals surface area (Å²) in [6.45, 7) is 2.72. The van der Waals surface area contributed by atoms with Gasteiger partial charge in [-0.15, -0.1) is 0 Å². The number of aliphatic hydroxyl groups is 1. The topological polar surface area (TPSA) is 71.6 Å². The molecule has 1 fully saturated rings. The minimum atomic E-state index is 0.245. The zero-order valence-electron chi connectivity index (χ0n) is 12.0. The number of aliphatic hydroxyl groups excluding tert-OH is 1. The lowest BCUT2D eigenvalue weighted by atomic mass is 10.1. The number of likely N-dealkylation sites (tertiary alicyclic amines) is 1. The highest BCUT2D eigenvalue weighted by molar-refractivity contribution is 5.56. The van der Waals surface area contributed by atoms with Crippen molar-refractivity contribution in [2.75, 3.05) is 26.8 Å². The van der Waals surface area contributed by atoms with Crippen LogP contribution in [0.2, 0.25) is 0 Å².